The zero-order valence-corrected chi connectivity index (χ0v) is 13.4. The number of aliphatic hydroxyl groups excluding tert-OH is 1. The number of aromatic nitrogens is 2. The Morgan fingerprint density at radius 3 is 2.79 bits per heavy atom. The Kier molecular flexibility index (Phi) is 4.53. The third-order valence-corrected chi connectivity index (χ3v) is 4.24. The number of aromatic hydroxyl groups is 1. The van der Waals surface area contributed by atoms with E-state index in [2.05, 4.69) is 5.10 Å². The number of rotatable bonds is 4. The lowest BCUT2D eigenvalue weighted by Crippen LogP contribution is -2.37. The van der Waals surface area contributed by atoms with Crippen LogP contribution in [0.25, 0.3) is 5.69 Å². The molecule has 0 radical (unpaired) electrons. The molecule has 3 rings (SSSR count). The second-order valence-electron chi connectivity index (χ2n) is 6.16. The van der Waals surface area contributed by atoms with E-state index in [1.54, 1.807) is 11.8 Å². The van der Waals surface area contributed by atoms with Gasteiger partial charge in [0.15, 0.2) is 11.4 Å². The van der Waals surface area contributed by atoms with Crippen molar-refractivity contribution in [1.82, 2.24) is 14.7 Å². The van der Waals surface area contributed by atoms with Crippen LogP contribution in [0.4, 0.5) is 4.39 Å². The van der Waals surface area contributed by atoms with Crippen LogP contribution in [0.1, 0.15) is 36.7 Å². The second kappa shape index (κ2) is 6.60. The summed E-state index contributed by atoms with van der Waals surface area (Å²) in [7, 11) is 0. The molecule has 6 nitrogen and oxygen atoms in total. The Hall–Kier alpha value is -2.41. The van der Waals surface area contributed by atoms with Crippen LogP contribution in [0.5, 0.6) is 5.75 Å². The standard InChI is InChI=1S/C17H20FN3O3/c1-11(22)9-14-3-2-8-20(14)17(24)16-15(23)10-21(19-16)13-6-4-12(18)5-7-13/h4-7,10-11,14,22-23H,2-3,8-9H2,1H3. The Labute approximate surface area is 139 Å². The van der Waals surface area contributed by atoms with Crippen LogP contribution in [-0.2, 0) is 0 Å². The van der Waals surface area contributed by atoms with E-state index in [0.717, 1.165) is 12.8 Å². The monoisotopic (exact) mass is 333 g/mol. The van der Waals surface area contributed by atoms with Crippen LogP contribution in [0.3, 0.4) is 0 Å². The summed E-state index contributed by atoms with van der Waals surface area (Å²) in [5.74, 6) is -0.937. The molecule has 0 spiro atoms. The van der Waals surface area contributed by atoms with Gasteiger partial charge in [-0.3, -0.25) is 4.79 Å². The normalized spacial score (nSPS) is 18.8. The summed E-state index contributed by atoms with van der Waals surface area (Å²) in [5.41, 5.74) is 0.518. The maximum Gasteiger partial charge on any atom is 0.278 e. The number of likely N-dealkylation sites (tertiary alicyclic amines) is 1. The molecule has 0 aliphatic carbocycles. The molecule has 1 amide bonds. The SMILES string of the molecule is CC(O)CC1CCCN1C(=O)c1nn(-c2ccc(F)cc2)cc1O. The van der Waals surface area contributed by atoms with Gasteiger partial charge in [-0.05, 0) is 50.5 Å². The number of nitrogens with zero attached hydrogens (tertiary/aromatic N) is 3. The van der Waals surface area contributed by atoms with E-state index in [0.29, 0.717) is 18.7 Å². The van der Waals surface area contributed by atoms with Gasteiger partial charge in [-0.25, -0.2) is 9.07 Å². The van der Waals surface area contributed by atoms with Crippen molar-refractivity contribution in [3.8, 4) is 11.4 Å². The first-order valence-corrected chi connectivity index (χ1v) is 7.99. The minimum atomic E-state index is -0.492. The van der Waals surface area contributed by atoms with Crippen LogP contribution >= 0.6 is 0 Å². The highest BCUT2D eigenvalue weighted by Gasteiger charge is 2.32. The van der Waals surface area contributed by atoms with Crippen LogP contribution in [0, 0.1) is 5.82 Å². The van der Waals surface area contributed by atoms with Crippen molar-refractivity contribution in [1.29, 1.82) is 0 Å². The summed E-state index contributed by atoms with van der Waals surface area (Å²) >= 11 is 0. The third-order valence-electron chi connectivity index (χ3n) is 4.24. The fraction of sp³-hybridized carbons (Fsp3) is 0.412. The first-order valence-electron chi connectivity index (χ1n) is 7.99. The van der Waals surface area contributed by atoms with E-state index >= 15 is 0 Å². The average Bonchev–Trinajstić information content (AvgIpc) is 3.13. The molecule has 0 bridgehead atoms. The molecule has 2 atom stereocenters. The van der Waals surface area contributed by atoms with E-state index in [4.69, 9.17) is 0 Å². The number of carbonyl (C=O) groups is 1. The third kappa shape index (κ3) is 3.26. The van der Waals surface area contributed by atoms with Gasteiger partial charge < -0.3 is 15.1 Å². The first-order chi connectivity index (χ1) is 11.5. The van der Waals surface area contributed by atoms with Gasteiger partial charge in [0.2, 0.25) is 0 Å². The largest absolute Gasteiger partial charge is 0.504 e. The topological polar surface area (TPSA) is 78.6 Å². The summed E-state index contributed by atoms with van der Waals surface area (Å²) < 4.78 is 14.4. The fourth-order valence-electron chi connectivity index (χ4n) is 3.12. The quantitative estimate of drug-likeness (QED) is 0.898. The summed E-state index contributed by atoms with van der Waals surface area (Å²) in [5, 5.41) is 23.8. The Bertz CT molecular complexity index is 727. The lowest BCUT2D eigenvalue weighted by atomic mass is 10.1. The zero-order chi connectivity index (χ0) is 17.3. The molecule has 2 heterocycles. The molecule has 1 saturated heterocycles. The fourth-order valence-corrected chi connectivity index (χ4v) is 3.12. The van der Waals surface area contributed by atoms with Crippen molar-refractivity contribution in [3.63, 3.8) is 0 Å². The van der Waals surface area contributed by atoms with Crippen LogP contribution in [0.2, 0.25) is 0 Å². The molecule has 1 aromatic heterocycles. The van der Waals surface area contributed by atoms with Crippen molar-refractivity contribution in [2.24, 2.45) is 0 Å². The van der Waals surface area contributed by atoms with Gasteiger partial charge in [-0.15, -0.1) is 0 Å². The lowest BCUT2D eigenvalue weighted by molar-refractivity contribution is 0.0673. The Morgan fingerprint density at radius 1 is 1.42 bits per heavy atom. The molecule has 0 saturated carbocycles. The highest BCUT2D eigenvalue weighted by atomic mass is 19.1. The van der Waals surface area contributed by atoms with Crippen LogP contribution in [-0.4, -0.2) is 49.5 Å². The van der Waals surface area contributed by atoms with Crippen LogP contribution in [0.15, 0.2) is 30.5 Å². The molecule has 1 aliphatic heterocycles. The van der Waals surface area contributed by atoms with E-state index in [-0.39, 0.29) is 29.2 Å². The number of hydrogen-bond acceptors (Lipinski definition) is 4. The molecule has 2 unspecified atom stereocenters. The second-order valence-corrected chi connectivity index (χ2v) is 6.16. The van der Waals surface area contributed by atoms with Crippen molar-refractivity contribution in [2.75, 3.05) is 6.54 Å². The average molecular weight is 333 g/mol. The van der Waals surface area contributed by atoms with E-state index in [1.165, 1.54) is 35.1 Å². The van der Waals surface area contributed by atoms with Crippen molar-refractivity contribution in [3.05, 3.63) is 42.0 Å². The molecule has 1 aliphatic rings. The molecule has 2 aromatic rings. The van der Waals surface area contributed by atoms with Gasteiger partial charge in [0.05, 0.1) is 18.0 Å². The molecule has 7 heteroatoms. The van der Waals surface area contributed by atoms with Crippen molar-refractivity contribution >= 4 is 5.91 Å². The molecule has 2 N–H and O–H groups in total. The van der Waals surface area contributed by atoms with Crippen molar-refractivity contribution < 1.29 is 19.4 Å². The molecular weight excluding hydrogens is 313 g/mol. The van der Waals surface area contributed by atoms with Gasteiger partial charge in [-0.1, -0.05) is 0 Å². The molecule has 1 aromatic carbocycles. The number of hydrogen-bond donors (Lipinski definition) is 2. The lowest BCUT2D eigenvalue weighted by Gasteiger charge is -2.24. The number of halogens is 1. The highest BCUT2D eigenvalue weighted by molar-refractivity contribution is 5.95. The van der Waals surface area contributed by atoms with Gasteiger partial charge in [0, 0.05) is 12.6 Å². The summed E-state index contributed by atoms with van der Waals surface area (Å²) in [6, 6.07) is 5.56. The molecule has 1 fully saturated rings. The highest BCUT2D eigenvalue weighted by Crippen LogP contribution is 2.26. The van der Waals surface area contributed by atoms with Gasteiger partial charge in [0.25, 0.3) is 5.91 Å². The molecule has 24 heavy (non-hydrogen) atoms. The first kappa shape index (κ1) is 16.4. The van der Waals surface area contributed by atoms with E-state index in [1.807, 2.05) is 0 Å². The predicted molar refractivity (Wildman–Crippen MR) is 85.5 cm³/mol. The number of carbonyl (C=O) groups excluding carboxylic acids is 1. The van der Waals surface area contributed by atoms with Gasteiger partial charge >= 0.3 is 0 Å². The minimum absolute atomic E-state index is 0.0307. The predicted octanol–water partition coefficient (Wildman–Crippen LogP) is 2.09. The van der Waals surface area contributed by atoms with E-state index in [9.17, 15) is 19.4 Å². The van der Waals surface area contributed by atoms with Gasteiger partial charge in [-0.2, -0.15) is 5.10 Å². The Morgan fingerprint density at radius 2 is 2.12 bits per heavy atom. The number of aliphatic hydroxyl groups is 1. The molecule has 128 valence electrons. The summed E-state index contributed by atoms with van der Waals surface area (Å²) in [6.45, 7) is 2.28. The van der Waals surface area contributed by atoms with Crippen molar-refractivity contribution in [2.45, 2.75) is 38.3 Å². The summed E-state index contributed by atoms with van der Waals surface area (Å²) in [6.07, 6.45) is 3.04. The minimum Gasteiger partial charge on any atom is -0.504 e. The van der Waals surface area contributed by atoms with Gasteiger partial charge in [0.1, 0.15) is 5.82 Å². The maximum absolute atomic E-state index is 13.0. The smallest absolute Gasteiger partial charge is 0.278 e. The summed E-state index contributed by atoms with van der Waals surface area (Å²) in [4.78, 5) is 14.4. The van der Waals surface area contributed by atoms with Crippen LogP contribution < -0.4 is 0 Å². The zero-order valence-electron chi connectivity index (χ0n) is 13.4. The number of benzene rings is 1. The number of amides is 1. The van der Waals surface area contributed by atoms with E-state index < -0.39 is 6.10 Å². The molecular formula is C17H20FN3O3. The maximum atomic E-state index is 13.0. The Balaban J connectivity index is 1.84.